The molecule has 0 N–H and O–H groups in total. The lowest BCUT2D eigenvalue weighted by Crippen LogP contribution is -2.38. The first-order chi connectivity index (χ1) is 11.2. The number of aryl methyl sites for hydroxylation is 2. The van der Waals surface area contributed by atoms with Gasteiger partial charge in [0.1, 0.15) is 12.4 Å². The SMILES string of the molecule is C=CCc1cc(C)c(OCCOCCN2CCOCC2)c(C)c1. The van der Waals surface area contributed by atoms with Gasteiger partial charge in [0.25, 0.3) is 0 Å². The van der Waals surface area contributed by atoms with E-state index in [1.54, 1.807) is 0 Å². The number of rotatable bonds is 9. The van der Waals surface area contributed by atoms with E-state index in [-0.39, 0.29) is 0 Å². The Morgan fingerprint density at radius 3 is 2.48 bits per heavy atom. The van der Waals surface area contributed by atoms with Crippen LogP contribution in [0.15, 0.2) is 24.8 Å². The van der Waals surface area contributed by atoms with Crippen molar-refractivity contribution in [2.45, 2.75) is 20.3 Å². The molecule has 1 aliphatic heterocycles. The number of hydrogen-bond donors (Lipinski definition) is 0. The first-order valence-electron chi connectivity index (χ1n) is 8.42. The molecule has 2 rings (SSSR count). The van der Waals surface area contributed by atoms with Gasteiger partial charge in [-0.05, 0) is 37.0 Å². The zero-order chi connectivity index (χ0) is 16.5. The van der Waals surface area contributed by atoms with Crippen LogP contribution in [-0.4, -0.2) is 57.6 Å². The van der Waals surface area contributed by atoms with Crippen molar-refractivity contribution in [2.24, 2.45) is 0 Å². The molecule has 0 saturated carbocycles. The highest BCUT2D eigenvalue weighted by Crippen LogP contribution is 2.25. The van der Waals surface area contributed by atoms with Crippen molar-refractivity contribution >= 4 is 0 Å². The predicted octanol–water partition coefficient (Wildman–Crippen LogP) is 2.76. The summed E-state index contributed by atoms with van der Waals surface area (Å²) in [5, 5.41) is 0. The highest BCUT2D eigenvalue weighted by Gasteiger charge is 2.09. The molecule has 1 aromatic carbocycles. The molecule has 1 fully saturated rings. The van der Waals surface area contributed by atoms with Crippen molar-refractivity contribution in [1.29, 1.82) is 0 Å². The van der Waals surface area contributed by atoms with Gasteiger partial charge in [0.2, 0.25) is 0 Å². The van der Waals surface area contributed by atoms with Gasteiger partial charge in [0.05, 0.1) is 26.4 Å². The standard InChI is InChI=1S/C19H29NO3/c1-4-5-18-14-16(2)19(17(3)15-18)23-13-12-22-11-8-20-6-9-21-10-7-20/h4,14-15H,1,5-13H2,2-3H3. The van der Waals surface area contributed by atoms with Crippen molar-refractivity contribution in [3.05, 3.63) is 41.5 Å². The number of ether oxygens (including phenoxy) is 3. The van der Waals surface area contributed by atoms with Crippen LogP contribution in [0.3, 0.4) is 0 Å². The third-order valence-electron chi connectivity index (χ3n) is 4.03. The van der Waals surface area contributed by atoms with Crippen LogP contribution in [-0.2, 0) is 15.9 Å². The van der Waals surface area contributed by atoms with Gasteiger partial charge in [-0.25, -0.2) is 0 Å². The van der Waals surface area contributed by atoms with Gasteiger partial charge >= 0.3 is 0 Å². The monoisotopic (exact) mass is 319 g/mol. The molecule has 0 unspecified atom stereocenters. The van der Waals surface area contributed by atoms with Gasteiger partial charge < -0.3 is 14.2 Å². The van der Waals surface area contributed by atoms with Crippen LogP contribution in [0.4, 0.5) is 0 Å². The maximum absolute atomic E-state index is 5.91. The highest BCUT2D eigenvalue weighted by molar-refractivity contribution is 5.43. The van der Waals surface area contributed by atoms with Crippen molar-refractivity contribution in [2.75, 3.05) is 52.7 Å². The van der Waals surface area contributed by atoms with Crippen molar-refractivity contribution in [3.63, 3.8) is 0 Å². The zero-order valence-electron chi connectivity index (χ0n) is 14.5. The molecule has 0 aromatic heterocycles. The summed E-state index contributed by atoms with van der Waals surface area (Å²) in [6.07, 6.45) is 2.82. The first-order valence-corrected chi connectivity index (χ1v) is 8.42. The summed E-state index contributed by atoms with van der Waals surface area (Å²) >= 11 is 0. The smallest absolute Gasteiger partial charge is 0.125 e. The molecular weight excluding hydrogens is 290 g/mol. The maximum Gasteiger partial charge on any atom is 0.125 e. The molecule has 1 saturated heterocycles. The molecule has 4 heteroatoms. The topological polar surface area (TPSA) is 30.9 Å². The summed E-state index contributed by atoms with van der Waals surface area (Å²) in [4.78, 5) is 2.37. The second-order valence-electron chi connectivity index (χ2n) is 5.97. The Morgan fingerprint density at radius 1 is 1.13 bits per heavy atom. The Morgan fingerprint density at radius 2 is 1.83 bits per heavy atom. The Hall–Kier alpha value is -1.36. The second-order valence-corrected chi connectivity index (χ2v) is 5.97. The van der Waals surface area contributed by atoms with Gasteiger partial charge in [0, 0.05) is 19.6 Å². The zero-order valence-corrected chi connectivity index (χ0v) is 14.5. The van der Waals surface area contributed by atoms with Crippen molar-refractivity contribution in [1.82, 2.24) is 4.90 Å². The van der Waals surface area contributed by atoms with Gasteiger partial charge in [-0.3, -0.25) is 4.90 Å². The van der Waals surface area contributed by atoms with E-state index in [1.165, 1.54) is 16.7 Å². The number of hydrogen-bond acceptors (Lipinski definition) is 4. The second kappa shape index (κ2) is 9.71. The Bertz CT molecular complexity index is 472. The van der Waals surface area contributed by atoms with Gasteiger partial charge in [0.15, 0.2) is 0 Å². The van der Waals surface area contributed by atoms with Crippen LogP contribution in [0, 0.1) is 13.8 Å². The van der Waals surface area contributed by atoms with Crippen LogP contribution in [0.1, 0.15) is 16.7 Å². The normalized spacial score (nSPS) is 15.6. The van der Waals surface area contributed by atoms with Gasteiger partial charge in [-0.2, -0.15) is 0 Å². The van der Waals surface area contributed by atoms with E-state index in [2.05, 4.69) is 37.5 Å². The van der Waals surface area contributed by atoms with Gasteiger partial charge in [-0.15, -0.1) is 6.58 Å². The first kappa shape index (κ1) is 18.0. The lowest BCUT2D eigenvalue weighted by Gasteiger charge is -2.26. The summed E-state index contributed by atoms with van der Waals surface area (Å²) in [6.45, 7) is 14.6. The summed E-state index contributed by atoms with van der Waals surface area (Å²) in [6, 6.07) is 4.34. The van der Waals surface area contributed by atoms with E-state index in [4.69, 9.17) is 14.2 Å². The van der Waals surface area contributed by atoms with Crippen molar-refractivity contribution in [3.8, 4) is 5.75 Å². The van der Waals surface area contributed by atoms with E-state index in [9.17, 15) is 0 Å². The molecule has 0 atom stereocenters. The van der Waals surface area contributed by atoms with Crippen LogP contribution in [0.5, 0.6) is 5.75 Å². The molecule has 128 valence electrons. The largest absolute Gasteiger partial charge is 0.491 e. The van der Waals surface area contributed by atoms with E-state index in [0.29, 0.717) is 13.2 Å². The molecule has 0 amide bonds. The maximum atomic E-state index is 5.91. The minimum Gasteiger partial charge on any atom is -0.491 e. The lowest BCUT2D eigenvalue weighted by atomic mass is 10.0. The molecular formula is C19H29NO3. The third kappa shape index (κ3) is 5.98. The molecule has 23 heavy (non-hydrogen) atoms. The molecule has 0 aliphatic carbocycles. The lowest BCUT2D eigenvalue weighted by molar-refractivity contribution is 0.0170. The molecule has 1 aliphatic rings. The summed E-state index contributed by atoms with van der Waals surface area (Å²) in [5.41, 5.74) is 3.63. The molecule has 4 nitrogen and oxygen atoms in total. The fourth-order valence-electron chi connectivity index (χ4n) is 2.88. The van der Waals surface area contributed by atoms with E-state index in [1.807, 2.05) is 6.08 Å². The Kier molecular flexibility index (Phi) is 7.59. The van der Waals surface area contributed by atoms with E-state index in [0.717, 1.165) is 51.6 Å². The quantitative estimate of drug-likeness (QED) is 0.517. The average molecular weight is 319 g/mol. The molecule has 0 bridgehead atoms. The van der Waals surface area contributed by atoms with Gasteiger partial charge in [-0.1, -0.05) is 18.2 Å². The summed E-state index contributed by atoms with van der Waals surface area (Å²) in [7, 11) is 0. The molecule has 1 heterocycles. The Labute approximate surface area is 140 Å². The van der Waals surface area contributed by atoms with Crippen molar-refractivity contribution < 1.29 is 14.2 Å². The van der Waals surface area contributed by atoms with E-state index >= 15 is 0 Å². The molecule has 1 aromatic rings. The predicted molar refractivity (Wildman–Crippen MR) is 93.4 cm³/mol. The average Bonchev–Trinajstić information content (AvgIpc) is 2.54. The van der Waals surface area contributed by atoms with Crippen LogP contribution < -0.4 is 4.74 Å². The highest BCUT2D eigenvalue weighted by atomic mass is 16.5. The van der Waals surface area contributed by atoms with E-state index < -0.39 is 0 Å². The molecule has 0 radical (unpaired) electrons. The fourth-order valence-corrected chi connectivity index (χ4v) is 2.88. The number of morpholine rings is 1. The van der Waals surface area contributed by atoms with Crippen LogP contribution >= 0.6 is 0 Å². The minimum absolute atomic E-state index is 0.589. The molecule has 0 spiro atoms. The fraction of sp³-hybridized carbons (Fsp3) is 0.579. The van der Waals surface area contributed by atoms with Crippen LogP contribution in [0.2, 0.25) is 0 Å². The number of benzene rings is 1. The minimum atomic E-state index is 0.589. The van der Waals surface area contributed by atoms with Crippen LogP contribution in [0.25, 0.3) is 0 Å². The number of allylic oxidation sites excluding steroid dienone is 1. The summed E-state index contributed by atoms with van der Waals surface area (Å²) < 4.78 is 16.9. The summed E-state index contributed by atoms with van der Waals surface area (Å²) in [5.74, 6) is 0.981. The third-order valence-corrected chi connectivity index (χ3v) is 4.03. The Balaban J connectivity index is 1.66. The number of nitrogens with zero attached hydrogens (tertiary/aromatic N) is 1.